The second-order valence-corrected chi connectivity index (χ2v) is 5.87. The first-order valence-electron chi connectivity index (χ1n) is 8.07. The van der Waals surface area contributed by atoms with E-state index in [9.17, 15) is 9.59 Å². The van der Waals surface area contributed by atoms with Gasteiger partial charge in [-0.3, -0.25) is 4.79 Å². The molecule has 0 aliphatic heterocycles. The van der Waals surface area contributed by atoms with Gasteiger partial charge in [0, 0.05) is 6.42 Å². The average molecular weight is 341 g/mol. The van der Waals surface area contributed by atoms with Crippen LogP contribution in [0, 0.1) is 13.8 Å². The summed E-state index contributed by atoms with van der Waals surface area (Å²) < 4.78 is 9.94. The van der Waals surface area contributed by atoms with E-state index in [1.807, 2.05) is 6.07 Å². The van der Waals surface area contributed by atoms with Crippen LogP contribution in [-0.2, 0) is 16.0 Å². The first kappa shape index (κ1) is 18.5. The van der Waals surface area contributed by atoms with Crippen molar-refractivity contribution in [2.45, 2.75) is 26.7 Å². The van der Waals surface area contributed by atoms with E-state index < -0.39 is 5.97 Å². The molecule has 0 heterocycles. The van der Waals surface area contributed by atoms with Gasteiger partial charge in [-0.15, -0.1) is 0 Å². The van der Waals surface area contributed by atoms with Crippen LogP contribution in [0.4, 0.5) is 5.69 Å². The maximum Gasteiger partial charge on any atom is 0.337 e. The van der Waals surface area contributed by atoms with E-state index in [4.69, 9.17) is 9.47 Å². The van der Waals surface area contributed by atoms with E-state index in [2.05, 4.69) is 31.3 Å². The minimum atomic E-state index is -0.465. The lowest BCUT2D eigenvalue weighted by molar-refractivity contribution is -0.116. The monoisotopic (exact) mass is 341 g/mol. The van der Waals surface area contributed by atoms with Crippen molar-refractivity contribution in [3.05, 3.63) is 58.7 Å². The van der Waals surface area contributed by atoms with E-state index in [-0.39, 0.29) is 5.91 Å². The minimum Gasteiger partial charge on any atom is -0.495 e. The maximum absolute atomic E-state index is 12.3. The van der Waals surface area contributed by atoms with Crippen LogP contribution >= 0.6 is 0 Å². The second-order valence-electron chi connectivity index (χ2n) is 5.87. The smallest absolute Gasteiger partial charge is 0.337 e. The fourth-order valence-corrected chi connectivity index (χ4v) is 2.48. The van der Waals surface area contributed by atoms with Gasteiger partial charge >= 0.3 is 5.97 Å². The number of hydrogen-bond donors (Lipinski definition) is 1. The SMILES string of the molecule is COC(=O)c1ccc(OC)c(NC(=O)CCc2ccc(C)c(C)c2)c1. The third kappa shape index (κ3) is 4.83. The summed E-state index contributed by atoms with van der Waals surface area (Å²) in [4.78, 5) is 23.9. The predicted octanol–water partition coefficient (Wildman–Crippen LogP) is 3.67. The number of esters is 1. The first-order valence-corrected chi connectivity index (χ1v) is 8.07. The molecular formula is C20H23NO4. The van der Waals surface area contributed by atoms with Crippen molar-refractivity contribution in [2.24, 2.45) is 0 Å². The van der Waals surface area contributed by atoms with Crippen molar-refractivity contribution >= 4 is 17.6 Å². The van der Waals surface area contributed by atoms with Crippen molar-refractivity contribution in [2.75, 3.05) is 19.5 Å². The van der Waals surface area contributed by atoms with Crippen LogP contribution in [0.1, 0.15) is 33.5 Å². The number of benzene rings is 2. The molecule has 0 saturated heterocycles. The zero-order valence-electron chi connectivity index (χ0n) is 15.0. The van der Waals surface area contributed by atoms with Crippen LogP contribution in [-0.4, -0.2) is 26.1 Å². The quantitative estimate of drug-likeness (QED) is 0.814. The summed E-state index contributed by atoms with van der Waals surface area (Å²) in [5.74, 6) is -0.112. The molecule has 2 rings (SSSR count). The van der Waals surface area contributed by atoms with Gasteiger partial charge in [-0.2, -0.15) is 0 Å². The highest BCUT2D eigenvalue weighted by molar-refractivity contribution is 5.96. The highest BCUT2D eigenvalue weighted by Crippen LogP contribution is 2.26. The van der Waals surface area contributed by atoms with Gasteiger partial charge in [0.05, 0.1) is 25.5 Å². The summed E-state index contributed by atoms with van der Waals surface area (Å²) in [6.45, 7) is 4.12. The fraction of sp³-hybridized carbons (Fsp3) is 0.300. The molecule has 0 fully saturated rings. The maximum atomic E-state index is 12.3. The van der Waals surface area contributed by atoms with Gasteiger partial charge in [-0.25, -0.2) is 4.79 Å². The molecule has 0 bridgehead atoms. The summed E-state index contributed by atoms with van der Waals surface area (Å²) in [5, 5.41) is 2.81. The van der Waals surface area contributed by atoms with Crippen molar-refractivity contribution in [3.8, 4) is 5.75 Å². The molecule has 0 saturated carbocycles. The molecule has 0 aromatic heterocycles. The molecule has 25 heavy (non-hydrogen) atoms. The van der Waals surface area contributed by atoms with Crippen LogP contribution in [0.15, 0.2) is 36.4 Å². The Kier molecular flexibility index (Phi) is 6.17. The first-order chi connectivity index (χ1) is 11.9. The van der Waals surface area contributed by atoms with Crippen LogP contribution in [0.2, 0.25) is 0 Å². The van der Waals surface area contributed by atoms with Crippen molar-refractivity contribution in [3.63, 3.8) is 0 Å². The van der Waals surface area contributed by atoms with Gasteiger partial charge in [0.2, 0.25) is 5.91 Å². The van der Waals surface area contributed by atoms with Crippen LogP contribution in [0.25, 0.3) is 0 Å². The molecule has 5 nitrogen and oxygen atoms in total. The second kappa shape index (κ2) is 8.33. The summed E-state index contributed by atoms with van der Waals surface area (Å²) in [6.07, 6.45) is 0.986. The highest BCUT2D eigenvalue weighted by Gasteiger charge is 2.13. The Balaban J connectivity index is 2.06. The zero-order chi connectivity index (χ0) is 18.4. The van der Waals surface area contributed by atoms with Crippen LogP contribution in [0.5, 0.6) is 5.75 Å². The number of amides is 1. The van der Waals surface area contributed by atoms with E-state index >= 15 is 0 Å². The van der Waals surface area contributed by atoms with Gasteiger partial charge < -0.3 is 14.8 Å². The van der Waals surface area contributed by atoms with Crippen molar-refractivity contribution < 1.29 is 19.1 Å². The van der Waals surface area contributed by atoms with Gasteiger partial charge in [0.15, 0.2) is 0 Å². The van der Waals surface area contributed by atoms with Gasteiger partial charge in [0.25, 0.3) is 0 Å². The molecule has 132 valence electrons. The number of hydrogen-bond acceptors (Lipinski definition) is 4. The van der Waals surface area contributed by atoms with E-state index in [0.717, 1.165) is 5.56 Å². The van der Waals surface area contributed by atoms with Gasteiger partial charge in [-0.05, 0) is 55.2 Å². The number of rotatable bonds is 6. The third-order valence-corrected chi connectivity index (χ3v) is 4.11. The molecule has 0 atom stereocenters. The Bertz CT molecular complexity index is 783. The summed E-state index contributed by atoms with van der Waals surface area (Å²) >= 11 is 0. The Hall–Kier alpha value is -2.82. The van der Waals surface area contributed by atoms with Crippen molar-refractivity contribution in [1.82, 2.24) is 0 Å². The Morgan fingerprint density at radius 2 is 1.76 bits per heavy atom. The molecule has 0 radical (unpaired) electrons. The minimum absolute atomic E-state index is 0.140. The van der Waals surface area contributed by atoms with Crippen LogP contribution in [0.3, 0.4) is 0 Å². The van der Waals surface area contributed by atoms with E-state index in [1.165, 1.54) is 25.3 Å². The normalized spacial score (nSPS) is 10.2. The summed E-state index contributed by atoms with van der Waals surface area (Å²) in [7, 11) is 2.83. The molecule has 2 aromatic rings. The number of methoxy groups -OCH3 is 2. The zero-order valence-corrected chi connectivity index (χ0v) is 15.0. The Morgan fingerprint density at radius 1 is 1.00 bits per heavy atom. The largest absolute Gasteiger partial charge is 0.495 e. The molecule has 0 spiro atoms. The molecule has 1 N–H and O–H groups in total. The Labute approximate surface area is 148 Å². The molecule has 0 aliphatic carbocycles. The van der Waals surface area contributed by atoms with Gasteiger partial charge in [0.1, 0.15) is 5.75 Å². The molecule has 2 aromatic carbocycles. The number of nitrogens with one attached hydrogen (secondary N) is 1. The number of carbonyl (C=O) groups excluding carboxylic acids is 2. The molecule has 0 aliphatic rings. The number of aryl methyl sites for hydroxylation is 3. The Morgan fingerprint density at radius 3 is 2.40 bits per heavy atom. The fourth-order valence-electron chi connectivity index (χ4n) is 2.48. The number of ether oxygens (including phenoxy) is 2. The van der Waals surface area contributed by atoms with E-state index in [1.54, 1.807) is 18.2 Å². The lowest BCUT2D eigenvalue weighted by atomic mass is 10.0. The molecular weight excluding hydrogens is 318 g/mol. The standard InChI is InChI=1S/C20H23NO4/c1-13-5-6-15(11-14(13)2)7-10-19(22)21-17-12-16(20(23)25-4)8-9-18(17)24-3/h5-6,8-9,11-12H,7,10H2,1-4H3,(H,21,22). The molecule has 1 amide bonds. The number of anilines is 1. The van der Waals surface area contributed by atoms with Gasteiger partial charge in [-0.1, -0.05) is 18.2 Å². The molecule has 0 unspecified atom stereocenters. The lowest BCUT2D eigenvalue weighted by Gasteiger charge is -2.12. The highest BCUT2D eigenvalue weighted by atomic mass is 16.5. The molecule has 5 heteroatoms. The average Bonchev–Trinajstić information content (AvgIpc) is 2.62. The number of carbonyl (C=O) groups is 2. The topological polar surface area (TPSA) is 64.6 Å². The van der Waals surface area contributed by atoms with E-state index in [0.29, 0.717) is 29.8 Å². The van der Waals surface area contributed by atoms with Crippen LogP contribution < -0.4 is 10.1 Å². The van der Waals surface area contributed by atoms with Crippen molar-refractivity contribution in [1.29, 1.82) is 0 Å². The predicted molar refractivity (Wildman–Crippen MR) is 97.2 cm³/mol. The summed E-state index contributed by atoms with van der Waals surface area (Å²) in [6, 6.07) is 11.0. The third-order valence-electron chi connectivity index (χ3n) is 4.11. The summed E-state index contributed by atoms with van der Waals surface area (Å²) in [5.41, 5.74) is 4.37. The lowest BCUT2D eigenvalue weighted by Crippen LogP contribution is -2.14.